The van der Waals surface area contributed by atoms with Crippen LogP contribution in [0.3, 0.4) is 0 Å². The Hall–Kier alpha value is -3.29. The molecule has 3 atom stereocenters. The van der Waals surface area contributed by atoms with E-state index in [1.807, 2.05) is 57.2 Å². The van der Waals surface area contributed by atoms with E-state index in [9.17, 15) is 4.79 Å². The Morgan fingerprint density at radius 2 is 1.75 bits per heavy atom. The molecule has 0 aromatic heterocycles. The highest BCUT2D eigenvalue weighted by Crippen LogP contribution is 2.53. The molecule has 7 heteroatoms. The van der Waals surface area contributed by atoms with Gasteiger partial charge in [-0.3, -0.25) is 4.79 Å². The summed E-state index contributed by atoms with van der Waals surface area (Å²) in [4.78, 5) is 15.8. The maximum Gasteiger partial charge on any atom is 0.234 e. The standard InChI is InChI=1S/C29H36BNO5/c1-7-11-26-27(10-4)31(30)28(32)29(26,22(8-2)14-12-20(5)33-16-24-18-35-24)23(9-3)15-13-21(6)34-17-25-19-36-25/h7-15,24-25H,1-2,6,16-19,30H2,3-5H3/b15-13-,20-12+,22-14+,23-9+,26-11+,27-10+. The molecule has 3 rings (SSSR count). The number of amides is 1. The van der Waals surface area contributed by atoms with Gasteiger partial charge in [-0.1, -0.05) is 62.3 Å². The van der Waals surface area contributed by atoms with Crippen LogP contribution in [0.1, 0.15) is 20.8 Å². The minimum Gasteiger partial charge on any atom is -0.495 e. The Kier molecular flexibility index (Phi) is 9.18. The van der Waals surface area contributed by atoms with Crippen molar-refractivity contribution >= 4 is 13.9 Å². The molecule has 3 fully saturated rings. The molecule has 3 aliphatic heterocycles. The summed E-state index contributed by atoms with van der Waals surface area (Å²) in [7, 11) is 1.78. The van der Waals surface area contributed by atoms with Crippen molar-refractivity contribution in [2.24, 2.45) is 5.41 Å². The van der Waals surface area contributed by atoms with Gasteiger partial charge in [0, 0.05) is 5.70 Å². The average molecular weight is 489 g/mol. The van der Waals surface area contributed by atoms with E-state index in [0.29, 0.717) is 31.2 Å². The van der Waals surface area contributed by atoms with Crippen LogP contribution in [0.4, 0.5) is 0 Å². The molecule has 3 unspecified atom stereocenters. The third-order valence-corrected chi connectivity index (χ3v) is 6.32. The average Bonchev–Trinajstić information content (AvgIpc) is 3.80. The third kappa shape index (κ3) is 5.91. The fourth-order valence-electron chi connectivity index (χ4n) is 4.27. The highest BCUT2D eigenvalue weighted by Gasteiger charge is 2.54. The van der Waals surface area contributed by atoms with Crippen molar-refractivity contribution in [1.82, 2.24) is 4.81 Å². The highest BCUT2D eigenvalue weighted by molar-refractivity contribution is 6.22. The van der Waals surface area contributed by atoms with E-state index < -0.39 is 5.41 Å². The Labute approximate surface area is 215 Å². The van der Waals surface area contributed by atoms with Gasteiger partial charge >= 0.3 is 0 Å². The second kappa shape index (κ2) is 12.1. The van der Waals surface area contributed by atoms with Crippen LogP contribution in [0.2, 0.25) is 0 Å². The van der Waals surface area contributed by atoms with Crippen molar-refractivity contribution < 1.29 is 23.7 Å². The van der Waals surface area contributed by atoms with Crippen molar-refractivity contribution in [1.29, 1.82) is 0 Å². The first-order valence-electron chi connectivity index (χ1n) is 12.2. The van der Waals surface area contributed by atoms with Crippen LogP contribution >= 0.6 is 0 Å². The number of allylic oxidation sites excluding steroid dienone is 11. The van der Waals surface area contributed by atoms with E-state index in [1.165, 1.54) is 0 Å². The van der Waals surface area contributed by atoms with Crippen LogP contribution in [0, 0.1) is 5.41 Å². The Morgan fingerprint density at radius 1 is 1.11 bits per heavy atom. The number of carbonyl (C=O) groups excluding carboxylic acids is 1. The Balaban J connectivity index is 2.08. The molecule has 3 aliphatic rings. The molecular weight excluding hydrogens is 453 g/mol. The van der Waals surface area contributed by atoms with Gasteiger partial charge in [0.1, 0.15) is 36.6 Å². The zero-order valence-electron chi connectivity index (χ0n) is 21.8. The summed E-state index contributed by atoms with van der Waals surface area (Å²) < 4.78 is 21.9. The largest absolute Gasteiger partial charge is 0.495 e. The first kappa shape index (κ1) is 27.3. The van der Waals surface area contributed by atoms with Gasteiger partial charge in [-0.25, -0.2) is 0 Å². The van der Waals surface area contributed by atoms with E-state index in [2.05, 4.69) is 19.7 Å². The highest BCUT2D eigenvalue weighted by atomic mass is 16.6. The fraction of sp³-hybridized carbons (Fsp3) is 0.345. The molecule has 0 spiro atoms. The number of epoxide rings is 2. The smallest absolute Gasteiger partial charge is 0.234 e. The molecule has 0 aliphatic carbocycles. The number of hydrogen-bond acceptors (Lipinski definition) is 5. The first-order chi connectivity index (χ1) is 17.3. The van der Waals surface area contributed by atoms with Gasteiger partial charge in [-0.15, -0.1) is 0 Å². The van der Waals surface area contributed by atoms with E-state index in [0.717, 1.165) is 29.2 Å². The predicted molar refractivity (Wildman–Crippen MR) is 145 cm³/mol. The molecule has 6 nitrogen and oxygen atoms in total. The quantitative estimate of drug-likeness (QED) is 0.168. The molecule has 0 radical (unpaired) electrons. The lowest BCUT2D eigenvalue weighted by Crippen LogP contribution is -2.36. The number of hydrogen-bond donors (Lipinski definition) is 0. The number of nitrogens with zero attached hydrogens (tertiary/aromatic N) is 1. The minimum atomic E-state index is -1.14. The molecule has 0 bridgehead atoms. The molecule has 3 saturated heterocycles. The second-order valence-electron chi connectivity index (χ2n) is 8.78. The Morgan fingerprint density at radius 3 is 2.28 bits per heavy atom. The van der Waals surface area contributed by atoms with E-state index in [-0.39, 0.29) is 18.1 Å². The lowest BCUT2D eigenvalue weighted by molar-refractivity contribution is -0.127. The molecular formula is C29H36BNO5. The third-order valence-electron chi connectivity index (χ3n) is 6.32. The summed E-state index contributed by atoms with van der Waals surface area (Å²) in [5.41, 5.74) is 1.96. The van der Waals surface area contributed by atoms with Gasteiger partial charge in [0.05, 0.1) is 19.0 Å². The predicted octanol–water partition coefficient (Wildman–Crippen LogP) is 4.24. The van der Waals surface area contributed by atoms with Crippen LogP contribution < -0.4 is 0 Å². The molecule has 0 aromatic carbocycles. The topological polar surface area (TPSA) is 63.8 Å². The van der Waals surface area contributed by atoms with Crippen LogP contribution in [0.15, 0.2) is 108 Å². The van der Waals surface area contributed by atoms with Gasteiger partial charge in [0.15, 0.2) is 0 Å². The molecule has 190 valence electrons. The number of carbonyl (C=O) groups is 1. The van der Waals surface area contributed by atoms with Crippen molar-refractivity contribution in [2.45, 2.75) is 33.0 Å². The molecule has 0 aromatic rings. The normalized spacial score (nSPS) is 28.7. The van der Waals surface area contributed by atoms with E-state index in [1.54, 1.807) is 31.0 Å². The van der Waals surface area contributed by atoms with Crippen LogP contribution in [0.5, 0.6) is 0 Å². The SMILES string of the molecule is BN1C(=O)C(/C(C=C)=C/C=C(\C)OCC2CO2)(C(/C=C\C(=C)OCC2CO2)=C/C)C(=C/C=C)/C1=C\C. The van der Waals surface area contributed by atoms with Gasteiger partial charge in [0.25, 0.3) is 0 Å². The summed E-state index contributed by atoms with van der Waals surface area (Å²) in [5.74, 6) is 1.12. The molecule has 1 amide bonds. The van der Waals surface area contributed by atoms with E-state index >= 15 is 0 Å². The molecule has 36 heavy (non-hydrogen) atoms. The van der Waals surface area contributed by atoms with Crippen molar-refractivity contribution in [3.63, 3.8) is 0 Å². The molecule has 3 heterocycles. The number of ether oxygens (including phenoxy) is 4. The maximum absolute atomic E-state index is 14.1. The van der Waals surface area contributed by atoms with Crippen LogP contribution in [-0.4, -0.2) is 57.3 Å². The van der Waals surface area contributed by atoms with Crippen LogP contribution in [0.25, 0.3) is 0 Å². The summed E-state index contributed by atoms with van der Waals surface area (Å²) in [6.45, 7) is 20.1. The number of rotatable bonds is 13. The lowest BCUT2D eigenvalue weighted by atomic mass is 9.68. The Bertz CT molecular complexity index is 1080. The van der Waals surface area contributed by atoms with Crippen molar-refractivity contribution in [3.05, 3.63) is 108 Å². The summed E-state index contributed by atoms with van der Waals surface area (Å²) in [5, 5.41) is 0. The fourth-order valence-corrected chi connectivity index (χ4v) is 4.27. The lowest BCUT2D eigenvalue weighted by Gasteiger charge is -2.31. The maximum atomic E-state index is 14.1. The van der Waals surface area contributed by atoms with Gasteiger partial charge in [-0.05, 0) is 49.6 Å². The monoisotopic (exact) mass is 489 g/mol. The van der Waals surface area contributed by atoms with E-state index in [4.69, 9.17) is 18.9 Å². The molecule has 0 N–H and O–H groups in total. The van der Waals surface area contributed by atoms with Crippen molar-refractivity contribution in [3.8, 4) is 0 Å². The summed E-state index contributed by atoms with van der Waals surface area (Å²) >= 11 is 0. The first-order valence-corrected chi connectivity index (χ1v) is 12.2. The second-order valence-corrected chi connectivity index (χ2v) is 8.78. The van der Waals surface area contributed by atoms with Gasteiger partial charge < -0.3 is 23.8 Å². The van der Waals surface area contributed by atoms with Gasteiger partial charge in [-0.2, -0.15) is 0 Å². The summed E-state index contributed by atoms with van der Waals surface area (Å²) in [6, 6.07) is 0. The molecule has 0 saturated carbocycles. The zero-order valence-corrected chi connectivity index (χ0v) is 21.8. The van der Waals surface area contributed by atoms with Gasteiger partial charge in [0.2, 0.25) is 13.9 Å². The summed E-state index contributed by atoms with van der Waals surface area (Å²) in [6.07, 6.45) is 16.9. The van der Waals surface area contributed by atoms with Crippen molar-refractivity contribution in [2.75, 3.05) is 26.4 Å². The van der Waals surface area contributed by atoms with Crippen LogP contribution in [-0.2, 0) is 23.7 Å². The zero-order chi connectivity index (χ0) is 26.3. The minimum absolute atomic E-state index is 0.0936.